The predicted molar refractivity (Wildman–Crippen MR) is 81.6 cm³/mol. The van der Waals surface area contributed by atoms with Gasteiger partial charge >= 0.3 is 0 Å². The molecule has 1 aliphatic heterocycles. The number of fused-ring (bicyclic) bond motifs is 1. The highest BCUT2D eigenvalue weighted by Crippen LogP contribution is 2.36. The normalized spacial score (nSPS) is 10.6. The fourth-order valence-corrected chi connectivity index (χ4v) is 2.44. The van der Waals surface area contributed by atoms with Gasteiger partial charge in [-0.1, -0.05) is 30.3 Å². The Kier molecular flexibility index (Phi) is 3.74. The molecular formula is C18H14O4. The fraction of sp³-hybridized carbons (Fsp3) is 0.111. The number of Topliss-reactive ketones (excluding diaryl/α,β-unsaturated/α-hetero) is 2. The number of ketones is 2. The van der Waals surface area contributed by atoms with Gasteiger partial charge in [0.2, 0.25) is 0 Å². The smallest absolute Gasteiger partial charge is 0.292 e. The highest BCUT2D eigenvalue weighted by Gasteiger charge is 2.22. The van der Waals surface area contributed by atoms with Crippen molar-refractivity contribution < 1.29 is 18.7 Å². The van der Waals surface area contributed by atoms with Gasteiger partial charge in [0, 0.05) is 16.7 Å². The summed E-state index contributed by atoms with van der Waals surface area (Å²) in [5, 5.41) is 0. The number of methoxy groups -OCH3 is 1. The predicted octanol–water partition coefficient (Wildman–Crippen LogP) is 3.85. The summed E-state index contributed by atoms with van der Waals surface area (Å²) in [6.45, 7) is 0. The molecule has 22 heavy (non-hydrogen) atoms. The second kappa shape index (κ2) is 5.85. The largest absolute Gasteiger partial charge is 0.468 e. The number of hydrogen-bond acceptors (Lipinski definition) is 4. The van der Waals surface area contributed by atoms with E-state index in [-0.39, 0.29) is 18.0 Å². The zero-order chi connectivity index (χ0) is 15.5. The molecule has 0 unspecified atom stereocenters. The van der Waals surface area contributed by atoms with E-state index in [2.05, 4.69) is 0 Å². The highest BCUT2D eigenvalue weighted by molar-refractivity contribution is 6.16. The van der Waals surface area contributed by atoms with Crippen LogP contribution >= 0.6 is 0 Å². The monoisotopic (exact) mass is 294 g/mol. The lowest BCUT2D eigenvalue weighted by Gasteiger charge is -2.06. The Hall–Kier alpha value is -2.88. The summed E-state index contributed by atoms with van der Waals surface area (Å²) in [6, 6.07) is 14.0. The van der Waals surface area contributed by atoms with Crippen molar-refractivity contribution in [2.24, 2.45) is 0 Å². The Balaban J connectivity index is 1.84. The average Bonchev–Trinajstić information content (AvgIpc) is 2.99. The molecule has 0 amide bonds. The van der Waals surface area contributed by atoms with E-state index in [1.165, 1.54) is 13.4 Å². The van der Waals surface area contributed by atoms with Gasteiger partial charge in [-0.25, -0.2) is 0 Å². The third-order valence-electron chi connectivity index (χ3n) is 3.53. The van der Waals surface area contributed by atoms with Gasteiger partial charge in [-0.15, -0.1) is 0 Å². The van der Waals surface area contributed by atoms with Crippen LogP contribution in [0.25, 0.3) is 11.1 Å². The zero-order valence-corrected chi connectivity index (χ0v) is 12.0. The minimum absolute atomic E-state index is 0.155. The molecule has 0 bridgehead atoms. The lowest BCUT2D eigenvalue weighted by molar-refractivity contribution is 0.0895. The van der Waals surface area contributed by atoms with Crippen LogP contribution in [0.4, 0.5) is 0 Å². The molecule has 0 saturated carbocycles. The molecule has 110 valence electrons. The topological polar surface area (TPSA) is 56.5 Å². The Labute approximate surface area is 127 Å². The Morgan fingerprint density at radius 1 is 0.955 bits per heavy atom. The van der Waals surface area contributed by atoms with Crippen LogP contribution in [0.15, 0.2) is 59.2 Å². The maximum Gasteiger partial charge on any atom is 0.292 e. The van der Waals surface area contributed by atoms with Gasteiger partial charge in [0.1, 0.15) is 0 Å². The molecule has 4 nitrogen and oxygen atoms in total. The van der Waals surface area contributed by atoms with Gasteiger partial charge in [-0.05, 0) is 18.2 Å². The van der Waals surface area contributed by atoms with Crippen LogP contribution in [0.2, 0.25) is 0 Å². The molecule has 0 fully saturated rings. The molecule has 4 heteroatoms. The van der Waals surface area contributed by atoms with Gasteiger partial charge < -0.3 is 9.15 Å². The number of rotatable bonds is 5. The van der Waals surface area contributed by atoms with Crippen molar-refractivity contribution in [2.45, 2.75) is 6.42 Å². The van der Waals surface area contributed by atoms with Crippen molar-refractivity contribution in [3.8, 4) is 17.1 Å². The third kappa shape index (κ3) is 2.51. The molecule has 0 N–H and O–H groups in total. The van der Waals surface area contributed by atoms with Gasteiger partial charge in [0.15, 0.2) is 11.6 Å². The molecule has 0 aromatic heterocycles. The molecular weight excluding hydrogens is 280 g/mol. The minimum Gasteiger partial charge on any atom is -0.468 e. The SMILES string of the molecule is COc1occc2c(C(=O)CC(=O)c3ccccc3)ccc1-2. The second-order valence-corrected chi connectivity index (χ2v) is 4.88. The molecule has 2 aliphatic rings. The number of hydrogen-bond donors (Lipinski definition) is 0. The van der Waals surface area contributed by atoms with Crippen LogP contribution in [-0.4, -0.2) is 18.7 Å². The van der Waals surface area contributed by atoms with Crippen molar-refractivity contribution in [2.75, 3.05) is 7.11 Å². The van der Waals surface area contributed by atoms with Gasteiger partial charge in [-0.3, -0.25) is 9.59 Å². The molecule has 1 aliphatic carbocycles. The molecule has 1 aromatic carbocycles. The fourth-order valence-electron chi connectivity index (χ4n) is 2.44. The lowest BCUT2D eigenvalue weighted by atomic mass is 10.00. The summed E-state index contributed by atoms with van der Waals surface area (Å²) in [7, 11) is 1.51. The van der Waals surface area contributed by atoms with Crippen molar-refractivity contribution in [3.63, 3.8) is 0 Å². The zero-order valence-electron chi connectivity index (χ0n) is 12.0. The second-order valence-electron chi connectivity index (χ2n) is 4.88. The first-order valence-corrected chi connectivity index (χ1v) is 6.86. The summed E-state index contributed by atoms with van der Waals surface area (Å²) in [4.78, 5) is 24.6. The number of carbonyl (C=O) groups excluding carboxylic acids is 2. The maximum atomic E-state index is 12.4. The highest BCUT2D eigenvalue weighted by atomic mass is 16.6. The van der Waals surface area contributed by atoms with Crippen LogP contribution in [-0.2, 0) is 0 Å². The summed E-state index contributed by atoms with van der Waals surface area (Å²) < 4.78 is 10.4. The maximum absolute atomic E-state index is 12.4. The van der Waals surface area contributed by atoms with E-state index in [1.54, 1.807) is 42.5 Å². The van der Waals surface area contributed by atoms with E-state index in [9.17, 15) is 9.59 Å². The summed E-state index contributed by atoms with van der Waals surface area (Å²) in [5.74, 6) is -0.0458. The summed E-state index contributed by atoms with van der Waals surface area (Å²) in [5.41, 5.74) is 2.50. The Morgan fingerprint density at radius 2 is 1.73 bits per heavy atom. The van der Waals surface area contributed by atoms with Crippen molar-refractivity contribution in [3.05, 3.63) is 65.9 Å². The van der Waals surface area contributed by atoms with Crippen molar-refractivity contribution >= 4 is 11.6 Å². The molecule has 0 saturated heterocycles. The number of ether oxygens (including phenoxy) is 1. The molecule has 0 radical (unpaired) electrons. The quantitative estimate of drug-likeness (QED) is 0.530. The van der Waals surface area contributed by atoms with Gasteiger partial charge in [0.05, 0.1) is 25.4 Å². The molecule has 3 rings (SSSR count). The molecule has 1 aromatic rings. The average molecular weight is 294 g/mol. The lowest BCUT2D eigenvalue weighted by Crippen LogP contribution is -2.08. The summed E-state index contributed by atoms with van der Waals surface area (Å²) in [6.07, 6.45) is 1.31. The van der Waals surface area contributed by atoms with E-state index in [0.717, 1.165) is 11.1 Å². The third-order valence-corrected chi connectivity index (χ3v) is 3.53. The van der Waals surface area contributed by atoms with Crippen molar-refractivity contribution in [1.82, 2.24) is 0 Å². The Morgan fingerprint density at radius 3 is 2.45 bits per heavy atom. The van der Waals surface area contributed by atoms with E-state index in [0.29, 0.717) is 17.1 Å². The number of benzene rings is 1. The standard InChI is InChI=1S/C18H14O4/c1-21-18-15-8-7-14(13(15)9-10-22-18)17(20)11-16(19)12-5-3-2-4-6-12/h2-10H,11H2,1H3. The van der Waals surface area contributed by atoms with E-state index < -0.39 is 0 Å². The van der Waals surface area contributed by atoms with E-state index in [4.69, 9.17) is 9.15 Å². The first-order chi connectivity index (χ1) is 10.7. The molecule has 0 atom stereocenters. The first-order valence-electron chi connectivity index (χ1n) is 6.86. The minimum atomic E-state index is -0.211. The van der Waals surface area contributed by atoms with Crippen LogP contribution in [0.1, 0.15) is 27.1 Å². The van der Waals surface area contributed by atoms with Crippen LogP contribution in [0, 0.1) is 0 Å². The van der Waals surface area contributed by atoms with Crippen LogP contribution < -0.4 is 4.74 Å². The van der Waals surface area contributed by atoms with Gasteiger partial charge in [0.25, 0.3) is 5.95 Å². The van der Waals surface area contributed by atoms with E-state index in [1.807, 2.05) is 6.07 Å². The molecule has 1 heterocycles. The van der Waals surface area contributed by atoms with E-state index >= 15 is 0 Å². The number of carbonyl (C=O) groups is 2. The van der Waals surface area contributed by atoms with Crippen LogP contribution in [0.3, 0.4) is 0 Å². The van der Waals surface area contributed by atoms with Crippen LogP contribution in [0.5, 0.6) is 5.95 Å². The summed E-state index contributed by atoms with van der Waals surface area (Å²) >= 11 is 0. The van der Waals surface area contributed by atoms with Crippen molar-refractivity contribution in [1.29, 1.82) is 0 Å². The van der Waals surface area contributed by atoms with Gasteiger partial charge in [-0.2, -0.15) is 0 Å². The Bertz CT molecular complexity index is 786. The first kappa shape index (κ1) is 14.1. The molecule has 0 spiro atoms.